The number of unbranched alkanes of at least 4 members (excludes halogenated alkanes) is 1. The molecule has 0 heterocycles. The van der Waals surface area contributed by atoms with E-state index in [9.17, 15) is 4.79 Å². The number of aliphatic carboxylic acids is 1. The largest absolute Gasteiger partial charge is 0.480 e. The molecule has 0 radical (unpaired) electrons. The van der Waals surface area contributed by atoms with Crippen LogP contribution in [0.3, 0.4) is 0 Å². The molecule has 0 aromatic rings. The fourth-order valence-corrected chi connectivity index (χ4v) is 1.68. The highest BCUT2D eigenvalue weighted by Gasteiger charge is 2.19. The fourth-order valence-electron chi connectivity index (χ4n) is 1.68. The number of hydrogen-bond donors (Lipinski definition) is 2. The molecule has 0 saturated heterocycles. The van der Waals surface area contributed by atoms with Gasteiger partial charge < -0.3 is 24.6 Å². The molecule has 0 bridgehead atoms. The van der Waals surface area contributed by atoms with E-state index in [4.69, 9.17) is 19.3 Å². The van der Waals surface area contributed by atoms with Crippen LogP contribution in [-0.4, -0.2) is 63.3 Å². The molecule has 0 rings (SSSR count). The van der Waals surface area contributed by atoms with Gasteiger partial charge in [-0.15, -0.1) is 0 Å². The maximum atomic E-state index is 10.9. The highest BCUT2D eigenvalue weighted by atomic mass is 16.5. The Kier molecular flexibility index (Phi) is 13.8. The second kappa shape index (κ2) is 14.3. The van der Waals surface area contributed by atoms with E-state index < -0.39 is 12.0 Å². The molecule has 0 saturated carbocycles. The number of hydrogen-bond acceptors (Lipinski definition) is 5. The summed E-state index contributed by atoms with van der Waals surface area (Å²) >= 11 is 0. The first-order valence-corrected chi connectivity index (χ1v) is 7.79. The quantitative estimate of drug-likeness (QED) is 0.447. The second-order valence-electron chi connectivity index (χ2n) is 5.20. The molecule has 0 amide bonds. The van der Waals surface area contributed by atoms with Crippen molar-refractivity contribution in [1.29, 1.82) is 0 Å². The van der Waals surface area contributed by atoms with Gasteiger partial charge in [0, 0.05) is 13.2 Å². The van der Waals surface area contributed by atoms with E-state index in [-0.39, 0.29) is 5.92 Å². The SMILES string of the molecule is CCCCOCCOCCOCCNC(C(=O)O)C(C)C. The summed E-state index contributed by atoms with van der Waals surface area (Å²) in [5.74, 6) is -0.769. The Hall–Kier alpha value is -0.690. The zero-order chi connectivity index (χ0) is 15.9. The predicted molar refractivity (Wildman–Crippen MR) is 81.6 cm³/mol. The topological polar surface area (TPSA) is 77.0 Å². The summed E-state index contributed by atoms with van der Waals surface area (Å²) in [5.41, 5.74) is 0. The molecule has 21 heavy (non-hydrogen) atoms. The van der Waals surface area contributed by atoms with Crippen LogP contribution in [0.2, 0.25) is 0 Å². The number of carbonyl (C=O) groups is 1. The smallest absolute Gasteiger partial charge is 0.320 e. The summed E-state index contributed by atoms with van der Waals surface area (Å²) in [6.07, 6.45) is 2.23. The van der Waals surface area contributed by atoms with E-state index in [1.54, 1.807) is 0 Å². The van der Waals surface area contributed by atoms with Crippen molar-refractivity contribution in [3.8, 4) is 0 Å². The van der Waals surface area contributed by atoms with Gasteiger partial charge in [-0.2, -0.15) is 0 Å². The molecular weight excluding hydrogens is 274 g/mol. The van der Waals surface area contributed by atoms with Crippen LogP contribution in [0.5, 0.6) is 0 Å². The van der Waals surface area contributed by atoms with Crippen LogP contribution in [0.1, 0.15) is 33.6 Å². The summed E-state index contributed by atoms with van der Waals surface area (Å²) in [6, 6.07) is -0.523. The molecule has 2 N–H and O–H groups in total. The van der Waals surface area contributed by atoms with E-state index in [0.717, 1.165) is 19.4 Å². The van der Waals surface area contributed by atoms with Crippen LogP contribution in [0.4, 0.5) is 0 Å². The van der Waals surface area contributed by atoms with Crippen molar-refractivity contribution in [2.45, 2.75) is 39.7 Å². The van der Waals surface area contributed by atoms with Crippen LogP contribution in [-0.2, 0) is 19.0 Å². The number of carboxylic acids is 1. The minimum absolute atomic E-state index is 0.0542. The average Bonchev–Trinajstić information content (AvgIpc) is 2.43. The van der Waals surface area contributed by atoms with Gasteiger partial charge in [0.15, 0.2) is 0 Å². The molecule has 0 aliphatic rings. The van der Waals surface area contributed by atoms with Gasteiger partial charge in [0.05, 0.1) is 33.0 Å². The van der Waals surface area contributed by atoms with Crippen molar-refractivity contribution in [1.82, 2.24) is 5.32 Å². The fraction of sp³-hybridized carbons (Fsp3) is 0.933. The van der Waals surface area contributed by atoms with Crippen molar-refractivity contribution in [3.63, 3.8) is 0 Å². The van der Waals surface area contributed by atoms with Gasteiger partial charge in [0.1, 0.15) is 6.04 Å². The number of nitrogens with one attached hydrogen (secondary N) is 1. The lowest BCUT2D eigenvalue weighted by atomic mass is 10.1. The number of rotatable bonds is 15. The molecule has 0 aliphatic carbocycles. The Labute approximate surface area is 128 Å². The van der Waals surface area contributed by atoms with Crippen molar-refractivity contribution < 1.29 is 24.1 Å². The summed E-state index contributed by atoms with van der Waals surface area (Å²) in [5, 5.41) is 11.9. The average molecular weight is 305 g/mol. The van der Waals surface area contributed by atoms with Gasteiger partial charge in [-0.25, -0.2) is 0 Å². The molecule has 6 heteroatoms. The van der Waals surface area contributed by atoms with Gasteiger partial charge in [0.25, 0.3) is 0 Å². The Bertz CT molecular complexity index is 248. The zero-order valence-corrected chi connectivity index (χ0v) is 13.6. The minimum atomic E-state index is -0.823. The molecule has 126 valence electrons. The predicted octanol–water partition coefficient (Wildman–Crippen LogP) is 1.54. The number of carboxylic acid groups (broad SMARTS) is 1. The molecule has 1 atom stereocenters. The van der Waals surface area contributed by atoms with Crippen molar-refractivity contribution in [2.75, 3.05) is 46.2 Å². The molecule has 6 nitrogen and oxygen atoms in total. The molecule has 0 spiro atoms. The lowest BCUT2D eigenvalue weighted by molar-refractivity contribution is -0.140. The first-order chi connectivity index (χ1) is 10.1. The standard InChI is InChI=1S/C15H31NO5/c1-4-5-7-19-9-11-21-12-10-20-8-6-16-14(13(2)3)15(17)18/h13-14,16H,4-12H2,1-3H3,(H,17,18). The van der Waals surface area contributed by atoms with Crippen LogP contribution >= 0.6 is 0 Å². The molecular formula is C15H31NO5. The molecule has 0 aromatic heterocycles. The van der Waals surface area contributed by atoms with E-state index in [1.807, 2.05) is 13.8 Å². The van der Waals surface area contributed by atoms with Gasteiger partial charge >= 0.3 is 5.97 Å². The lowest BCUT2D eigenvalue weighted by Gasteiger charge is -2.17. The molecule has 0 aliphatic heterocycles. The zero-order valence-electron chi connectivity index (χ0n) is 13.6. The monoisotopic (exact) mass is 305 g/mol. The summed E-state index contributed by atoms with van der Waals surface area (Å²) in [4.78, 5) is 10.9. The third kappa shape index (κ3) is 12.7. The van der Waals surface area contributed by atoms with Gasteiger partial charge in [-0.05, 0) is 12.3 Å². The van der Waals surface area contributed by atoms with E-state index >= 15 is 0 Å². The van der Waals surface area contributed by atoms with Crippen LogP contribution < -0.4 is 5.32 Å². The summed E-state index contributed by atoms with van der Waals surface area (Å²) in [7, 11) is 0. The first-order valence-electron chi connectivity index (χ1n) is 7.79. The lowest BCUT2D eigenvalue weighted by Crippen LogP contribution is -2.42. The number of ether oxygens (including phenoxy) is 3. The normalized spacial score (nSPS) is 12.8. The molecule has 1 unspecified atom stereocenters. The maximum absolute atomic E-state index is 10.9. The van der Waals surface area contributed by atoms with Crippen LogP contribution in [0.25, 0.3) is 0 Å². The van der Waals surface area contributed by atoms with Crippen molar-refractivity contribution in [2.24, 2.45) is 5.92 Å². The third-order valence-electron chi connectivity index (χ3n) is 2.93. The Morgan fingerprint density at radius 2 is 1.52 bits per heavy atom. The highest BCUT2D eigenvalue weighted by molar-refractivity contribution is 5.73. The Morgan fingerprint density at radius 3 is 2.00 bits per heavy atom. The van der Waals surface area contributed by atoms with Crippen molar-refractivity contribution in [3.05, 3.63) is 0 Å². The van der Waals surface area contributed by atoms with Gasteiger partial charge in [0.2, 0.25) is 0 Å². The molecule has 0 fully saturated rings. The summed E-state index contributed by atoms with van der Waals surface area (Å²) in [6.45, 7) is 9.93. The first kappa shape index (κ1) is 20.3. The Balaban J connectivity index is 3.27. The van der Waals surface area contributed by atoms with E-state index in [0.29, 0.717) is 39.6 Å². The second-order valence-corrected chi connectivity index (χ2v) is 5.20. The third-order valence-corrected chi connectivity index (χ3v) is 2.93. The minimum Gasteiger partial charge on any atom is -0.480 e. The Morgan fingerprint density at radius 1 is 1.00 bits per heavy atom. The van der Waals surface area contributed by atoms with E-state index in [1.165, 1.54) is 0 Å². The van der Waals surface area contributed by atoms with Gasteiger partial charge in [-0.1, -0.05) is 27.2 Å². The maximum Gasteiger partial charge on any atom is 0.320 e. The summed E-state index contributed by atoms with van der Waals surface area (Å²) < 4.78 is 16.1. The van der Waals surface area contributed by atoms with Crippen LogP contribution in [0.15, 0.2) is 0 Å². The highest BCUT2D eigenvalue weighted by Crippen LogP contribution is 2.00. The van der Waals surface area contributed by atoms with Crippen molar-refractivity contribution >= 4 is 5.97 Å². The molecule has 0 aromatic carbocycles. The van der Waals surface area contributed by atoms with Crippen LogP contribution in [0, 0.1) is 5.92 Å². The van der Waals surface area contributed by atoms with Gasteiger partial charge in [-0.3, -0.25) is 4.79 Å². The van der Waals surface area contributed by atoms with E-state index in [2.05, 4.69) is 12.2 Å².